The Hall–Kier alpha value is -2.35. The molecule has 0 fully saturated rings. The second-order valence-electron chi connectivity index (χ2n) is 5.35. The van der Waals surface area contributed by atoms with E-state index in [4.69, 9.17) is 4.74 Å². The average Bonchev–Trinajstić information content (AvgIpc) is 3.18. The third kappa shape index (κ3) is 2.39. The molecule has 118 valence electrons. The molecule has 0 atom stereocenters. The van der Waals surface area contributed by atoms with Gasteiger partial charge in [-0.3, -0.25) is 4.79 Å². The number of nitrogens with zero attached hydrogens (tertiary/aromatic N) is 5. The lowest BCUT2D eigenvalue weighted by atomic mass is 10.3. The summed E-state index contributed by atoms with van der Waals surface area (Å²) < 4.78 is 9.91. The van der Waals surface area contributed by atoms with Crippen LogP contribution in [0.25, 0.3) is 5.52 Å². The van der Waals surface area contributed by atoms with Gasteiger partial charge >= 0.3 is 0 Å². The molecule has 1 aliphatic heterocycles. The Balaban J connectivity index is 1.68. The molecule has 3 aromatic rings. The van der Waals surface area contributed by atoms with Crippen molar-refractivity contribution in [2.24, 2.45) is 0 Å². The Bertz CT molecular complexity index is 901. The van der Waals surface area contributed by atoms with E-state index < -0.39 is 0 Å². The van der Waals surface area contributed by atoms with E-state index in [-0.39, 0.29) is 5.91 Å². The van der Waals surface area contributed by atoms with Crippen molar-refractivity contribution < 1.29 is 9.53 Å². The molecule has 0 saturated heterocycles. The standard InChI is InChI=1S/C15H14BrN5O2/c1-23-13-6-10(16)8-21-12(13)7-11(18-21)15(22)20-5-4-19-3-2-17-14(19)9-20/h2-3,6-8H,4-5,9H2,1H3. The number of halogens is 1. The summed E-state index contributed by atoms with van der Waals surface area (Å²) in [5.41, 5.74) is 1.17. The normalized spacial score (nSPS) is 14.1. The van der Waals surface area contributed by atoms with E-state index in [1.165, 1.54) is 0 Å². The molecule has 0 spiro atoms. The zero-order chi connectivity index (χ0) is 16.0. The van der Waals surface area contributed by atoms with E-state index in [0.717, 1.165) is 22.4 Å². The number of aromatic nitrogens is 4. The van der Waals surface area contributed by atoms with Gasteiger partial charge in [0, 0.05) is 42.2 Å². The average molecular weight is 376 g/mol. The van der Waals surface area contributed by atoms with Gasteiger partial charge in [0.1, 0.15) is 17.1 Å². The second kappa shape index (κ2) is 5.38. The van der Waals surface area contributed by atoms with Gasteiger partial charge in [0.25, 0.3) is 5.91 Å². The largest absolute Gasteiger partial charge is 0.494 e. The highest BCUT2D eigenvalue weighted by atomic mass is 79.9. The number of hydrogen-bond donors (Lipinski definition) is 0. The SMILES string of the molecule is COc1cc(Br)cn2nc(C(=O)N3CCn4ccnc4C3)cc12. The number of carbonyl (C=O) groups is 1. The van der Waals surface area contributed by atoms with Gasteiger partial charge in [-0.1, -0.05) is 0 Å². The van der Waals surface area contributed by atoms with Gasteiger partial charge in [-0.15, -0.1) is 0 Å². The van der Waals surface area contributed by atoms with Crippen LogP contribution in [-0.4, -0.2) is 43.6 Å². The van der Waals surface area contributed by atoms with E-state index in [2.05, 4.69) is 30.6 Å². The van der Waals surface area contributed by atoms with Crippen molar-refractivity contribution in [1.82, 2.24) is 24.1 Å². The minimum Gasteiger partial charge on any atom is -0.494 e. The molecule has 4 heterocycles. The monoisotopic (exact) mass is 375 g/mol. The highest BCUT2D eigenvalue weighted by Crippen LogP contribution is 2.25. The summed E-state index contributed by atoms with van der Waals surface area (Å²) in [5, 5.41) is 4.39. The maximum Gasteiger partial charge on any atom is 0.274 e. The molecule has 1 aliphatic rings. The first-order valence-corrected chi connectivity index (χ1v) is 7.97. The molecule has 0 unspecified atom stereocenters. The van der Waals surface area contributed by atoms with Gasteiger partial charge in [-0.2, -0.15) is 5.10 Å². The van der Waals surface area contributed by atoms with E-state index in [1.807, 2.05) is 12.3 Å². The lowest BCUT2D eigenvalue weighted by Gasteiger charge is -2.26. The Morgan fingerprint density at radius 1 is 1.35 bits per heavy atom. The smallest absolute Gasteiger partial charge is 0.274 e. The quantitative estimate of drug-likeness (QED) is 0.686. The molecule has 0 aromatic carbocycles. The molecule has 1 amide bonds. The van der Waals surface area contributed by atoms with Crippen LogP contribution in [0.2, 0.25) is 0 Å². The number of carbonyl (C=O) groups excluding carboxylic acids is 1. The number of hydrogen-bond acceptors (Lipinski definition) is 4. The van der Waals surface area contributed by atoms with Crippen LogP contribution in [0.4, 0.5) is 0 Å². The number of methoxy groups -OCH3 is 1. The molecular formula is C15H14BrN5O2. The summed E-state index contributed by atoms with van der Waals surface area (Å²) in [4.78, 5) is 18.8. The Kier molecular flexibility index (Phi) is 3.33. The van der Waals surface area contributed by atoms with Gasteiger partial charge in [-0.05, 0) is 22.0 Å². The highest BCUT2D eigenvalue weighted by Gasteiger charge is 2.24. The van der Waals surface area contributed by atoms with E-state index in [0.29, 0.717) is 24.5 Å². The molecule has 8 heteroatoms. The fraction of sp³-hybridized carbons (Fsp3) is 0.267. The van der Waals surface area contributed by atoms with E-state index >= 15 is 0 Å². The predicted molar refractivity (Wildman–Crippen MR) is 86.4 cm³/mol. The molecule has 3 aromatic heterocycles. The third-order valence-electron chi connectivity index (χ3n) is 3.97. The summed E-state index contributed by atoms with van der Waals surface area (Å²) in [6.45, 7) is 1.90. The Morgan fingerprint density at radius 2 is 2.22 bits per heavy atom. The van der Waals surface area contributed by atoms with Crippen molar-refractivity contribution in [3.05, 3.63) is 46.7 Å². The molecule has 23 heavy (non-hydrogen) atoms. The van der Waals surface area contributed by atoms with Gasteiger partial charge in [0.2, 0.25) is 0 Å². The van der Waals surface area contributed by atoms with Crippen molar-refractivity contribution in [3.63, 3.8) is 0 Å². The van der Waals surface area contributed by atoms with Crippen molar-refractivity contribution in [2.45, 2.75) is 13.1 Å². The number of rotatable bonds is 2. The number of amides is 1. The van der Waals surface area contributed by atoms with Crippen LogP contribution in [0, 0.1) is 0 Å². The zero-order valence-electron chi connectivity index (χ0n) is 12.4. The molecular weight excluding hydrogens is 362 g/mol. The van der Waals surface area contributed by atoms with Crippen molar-refractivity contribution in [2.75, 3.05) is 13.7 Å². The van der Waals surface area contributed by atoms with Crippen molar-refractivity contribution in [1.29, 1.82) is 0 Å². The summed E-state index contributed by atoms with van der Waals surface area (Å²) in [7, 11) is 1.60. The number of pyridine rings is 1. The highest BCUT2D eigenvalue weighted by molar-refractivity contribution is 9.10. The molecule has 0 bridgehead atoms. The molecule has 7 nitrogen and oxygen atoms in total. The van der Waals surface area contributed by atoms with Crippen LogP contribution in [0.1, 0.15) is 16.3 Å². The molecule has 0 N–H and O–H groups in total. The maximum absolute atomic E-state index is 12.7. The zero-order valence-corrected chi connectivity index (χ0v) is 14.0. The summed E-state index contributed by atoms with van der Waals surface area (Å²) in [6.07, 6.45) is 5.50. The van der Waals surface area contributed by atoms with Crippen molar-refractivity contribution >= 4 is 27.4 Å². The molecule has 0 saturated carbocycles. The van der Waals surface area contributed by atoms with Crippen LogP contribution < -0.4 is 4.74 Å². The first kappa shape index (κ1) is 14.3. The summed E-state index contributed by atoms with van der Waals surface area (Å²) in [6, 6.07) is 3.61. The minimum atomic E-state index is -0.0962. The topological polar surface area (TPSA) is 64.7 Å². The van der Waals surface area contributed by atoms with Gasteiger partial charge in [0.05, 0.1) is 13.7 Å². The first-order valence-electron chi connectivity index (χ1n) is 7.18. The van der Waals surface area contributed by atoms with Crippen LogP contribution in [0.3, 0.4) is 0 Å². The number of imidazole rings is 1. The van der Waals surface area contributed by atoms with Crippen LogP contribution in [-0.2, 0) is 13.1 Å². The lowest BCUT2D eigenvalue weighted by Crippen LogP contribution is -2.38. The molecule has 0 radical (unpaired) electrons. The summed E-state index contributed by atoms with van der Waals surface area (Å²) in [5.74, 6) is 1.47. The van der Waals surface area contributed by atoms with Crippen LogP contribution in [0.15, 0.2) is 35.2 Å². The van der Waals surface area contributed by atoms with Crippen LogP contribution in [0.5, 0.6) is 5.75 Å². The van der Waals surface area contributed by atoms with Gasteiger partial charge in [0.15, 0.2) is 5.69 Å². The Morgan fingerprint density at radius 3 is 3.04 bits per heavy atom. The molecule has 4 rings (SSSR count). The second-order valence-corrected chi connectivity index (χ2v) is 6.27. The number of fused-ring (bicyclic) bond motifs is 2. The van der Waals surface area contributed by atoms with Gasteiger partial charge in [-0.25, -0.2) is 9.50 Å². The van der Waals surface area contributed by atoms with Crippen molar-refractivity contribution in [3.8, 4) is 5.75 Å². The maximum atomic E-state index is 12.7. The van der Waals surface area contributed by atoms with E-state index in [9.17, 15) is 4.79 Å². The lowest BCUT2D eigenvalue weighted by molar-refractivity contribution is 0.0701. The fourth-order valence-corrected chi connectivity index (χ4v) is 3.21. The third-order valence-corrected chi connectivity index (χ3v) is 4.41. The first-order chi connectivity index (χ1) is 11.2. The Labute approximate surface area is 140 Å². The summed E-state index contributed by atoms with van der Waals surface area (Å²) >= 11 is 3.41. The van der Waals surface area contributed by atoms with Crippen LogP contribution >= 0.6 is 15.9 Å². The number of ether oxygens (including phenoxy) is 1. The van der Waals surface area contributed by atoms with Gasteiger partial charge < -0.3 is 14.2 Å². The predicted octanol–water partition coefficient (Wildman–Crippen LogP) is 1.96. The van der Waals surface area contributed by atoms with E-state index in [1.54, 1.807) is 35.0 Å². The minimum absolute atomic E-state index is 0.0962. The molecule has 0 aliphatic carbocycles. The fourth-order valence-electron chi connectivity index (χ4n) is 2.81.